The second kappa shape index (κ2) is 6.76. The average Bonchev–Trinajstić information content (AvgIpc) is 2.27. The topological polar surface area (TPSA) is 61.5 Å². The van der Waals surface area contributed by atoms with Gasteiger partial charge in [0.05, 0.1) is 0 Å². The zero-order chi connectivity index (χ0) is 16.3. The van der Waals surface area contributed by atoms with Gasteiger partial charge in [0.25, 0.3) is 0 Å². The Morgan fingerprint density at radius 1 is 1.05 bits per heavy atom. The largest absolute Gasteiger partial charge is 0.544 e. The van der Waals surface area contributed by atoms with E-state index >= 15 is 0 Å². The highest BCUT2D eigenvalue weighted by Crippen LogP contribution is 2.17. The standard InChI is InChI=1S/C15H27NO3Si2/c1-20(2,3)18-13-9-7-12(8-10-13)11-14(16)15(17)19-21(4,5)6/h7-10,14H,11,16H2,1-6H3/t14-/m0/s1. The van der Waals surface area contributed by atoms with Crippen molar-refractivity contribution in [2.24, 2.45) is 5.73 Å². The van der Waals surface area contributed by atoms with E-state index < -0.39 is 22.7 Å². The molecule has 1 aromatic carbocycles. The molecule has 0 aliphatic carbocycles. The lowest BCUT2D eigenvalue weighted by atomic mass is 10.1. The van der Waals surface area contributed by atoms with Gasteiger partial charge in [0, 0.05) is 0 Å². The van der Waals surface area contributed by atoms with E-state index in [0.29, 0.717) is 6.42 Å². The van der Waals surface area contributed by atoms with Crippen molar-refractivity contribution in [3.8, 4) is 5.75 Å². The minimum Gasteiger partial charge on any atom is -0.544 e. The van der Waals surface area contributed by atoms with Crippen LogP contribution in [0.1, 0.15) is 5.56 Å². The summed E-state index contributed by atoms with van der Waals surface area (Å²) in [7, 11) is -3.47. The molecule has 0 unspecified atom stereocenters. The van der Waals surface area contributed by atoms with Crippen LogP contribution in [0.25, 0.3) is 0 Å². The van der Waals surface area contributed by atoms with Crippen molar-refractivity contribution >= 4 is 22.6 Å². The average molecular weight is 326 g/mol. The van der Waals surface area contributed by atoms with Gasteiger partial charge >= 0.3 is 5.97 Å². The van der Waals surface area contributed by atoms with Gasteiger partial charge in [-0.25, -0.2) is 0 Å². The minimum absolute atomic E-state index is 0.309. The number of hydrogen-bond donors (Lipinski definition) is 1. The molecule has 0 fully saturated rings. The molecule has 0 saturated heterocycles. The Bertz CT molecular complexity index is 475. The third-order valence-electron chi connectivity index (χ3n) is 2.51. The molecule has 0 heterocycles. The van der Waals surface area contributed by atoms with Crippen LogP contribution in [0.4, 0.5) is 0 Å². The fraction of sp³-hybridized carbons (Fsp3) is 0.533. The molecular weight excluding hydrogens is 298 g/mol. The Kier molecular flexibility index (Phi) is 5.78. The second-order valence-corrected chi connectivity index (χ2v) is 16.1. The Morgan fingerprint density at radius 3 is 2.00 bits per heavy atom. The van der Waals surface area contributed by atoms with E-state index in [1.165, 1.54) is 0 Å². The summed E-state index contributed by atoms with van der Waals surface area (Å²) < 4.78 is 11.3. The summed E-state index contributed by atoms with van der Waals surface area (Å²) >= 11 is 0. The van der Waals surface area contributed by atoms with Gasteiger partial charge in [0.1, 0.15) is 11.8 Å². The van der Waals surface area contributed by atoms with E-state index in [0.717, 1.165) is 11.3 Å². The normalized spacial score (nSPS) is 13.7. The maximum atomic E-state index is 11.9. The third-order valence-corrected chi connectivity index (χ3v) is 4.17. The van der Waals surface area contributed by atoms with Gasteiger partial charge < -0.3 is 14.6 Å². The lowest BCUT2D eigenvalue weighted by molar-refractivity contribution is -0.136. The molecule has 0 radical (unpaired) electrons. The number of carbonyl (C=O) groups excluding carboxylic acids is 1. The van der Waals surface area contributed by atoms with Crippen molar-refractivity contribution < 1.29 is 13.6 Å². The number of carbonyl (C=O) groups is 1. The van der Waals surface area contributed by atoms with Crippen LogP contribution in [-0.2, 0) is 15.6 Å². The van der Waals surface area contributed by atoms with Crippen LogP contribution < -0.4 is 10.2 Å². The molecule has 6 heteroatoms. The van der Waals surface area contributed by atoms with Crippen molar-refractivity contribution in [3.05, 3.63) is 29.8 Å². The van der Waals surface area contributed by atoms with E-state index in [1.807, 2.05) is 43.9 Å². The Morgan fingerprint density at radius 2 is 1.57 bits per heavy atom. The molecule has 21 heavy (non-hydrogen) atoms. The summed E-state index contributed by atoms with van der Waals surface area (Å²) in [6, 6.07) is 7.17. The summed E-state index contributed by atoms with van der Waals surface area (Å²) in [5.41, 5.74) is 6.93. The summed E-state index contributed by atoms with van der Waals surface area (Å²) in [4.78, 5) is 11.9. The molecule has 0 aromatic heterocycles. The lowest BCUT2D eigenvalue weighted by Gasteiger charge is -2.21. The van der Waals surface area contributed by atoms with Crippen LogP contribution in [0.3, 0.4) is 0 Å². The van der Waals surface area contributed by atoms with Crippen LogP contribution in [0.2, 0.25) is 39.3 Å². The van der Waals surface area contributed by atoms with E-state index in [9.17, 15) is 4.79 Å². The molecule has 0 aliphatic heterocycles. The summed E-state index contributed by atoms with van der Waals surface area (Å²) in [5, 5.41) is 0. The Hall–Kier alpha value is -1.12. The molecule has 0 saturated carbocycles. The first-order chi connectivity index (χ1) is 9.46. The molecule has 0 amide bonds. The van der Waals surface area contributed by atoms with E-state index in [4.69, 9.17) is 14.6 Å². The van der Waals surface area contributed by atoms with Crippen LogP contribution in [-0.4, -0.2) is 28.6 Å². The summed E-state index contributed by atoms with van der Waals surface area (Å²) in [5.74, 6) is 0.563. The van der Waals surface area contributed by atoms with Gasteiger partial charge in [-0.15, -0.1) is 0 Å². The maximum absolute atomic E-state index is 11.9. The SMILES string of the molecule is C[Si](C)(C)OC(=O)[C@@H](N)Cc1ccc(O[Si](C)(C)C)cc1. The predicted molar refractivity (Wildman–Crippen MR) is 91.5 cm³/mol. The Labute approximate surface area is 129 Å². The van der Waals surface area contributed by atoms with Crippen LogP contribution >= 0.6 is 0 Å². The molecule has 0 aliphatic rings. The van der Waals surface area contributed by atoms with Crippen molar-refractivity contribution in [1.29, 1.82) is 0 Å². The first-order valence-electron chi connectivity index (χ1n) is 7.23. The first kappa shape index (κ1) is 17.9. The van der Waals surface area contributed by atoms with Gasteiger partial charge in [-0.3, -0.25) is 4.79 Å². The molecule has 1 atom stereocenters. The zero-order valence-corrected chi connectivity index (χ0v) is 15.9. The molecule has 2 N–H and O–H groups in total. The van der Waals surface area contributed by atoms with Gasteiger partial charge in [0.15, 0.2) is 0 Å². The summed E-state index contributed by atoms with van der Waals surface area (Å²) in [6.07, 6.45) is 0.483. The highest BCUT2D eigenvalue weighted by atomic mass is 28.4. The second-order valence-electron chi connectivity index (χ2n) is 7.20. The van der Waals surface area contributed by atoms with E-state index in [1.54, 1.807) is 0 Å². The monoisotopic (exact) mass is 325 g/mol. The van der Waals surface area contributed by atoms with Crippen molar-refractivity contribution in [2.75, 3.05) is 0 Å². The highest BCUT2D eigenvalue weighted by molar-refractivity contribution is 6.71. The first-order valence-corrected chi connectivity index (χ1v) is 14.0. The van der Waals surface area contributed by atoms with Crippen molar-refractivity contribution in [3.63, 3.8) is 0 Å². The van der Waals surface area contributed by atoms with Crippen LogP contribution in [0.15, 0.2) is 24.3 Å². The Balaban J connectivity index is 2.61. The minimum atomic E-state index is -1.88. The molecular formula is C15H27NO3Si2. The smallest absolute Gasteiger partial charge is 0.309 e. The van der Waals surface area contributed by atoms with Crippen LogP contribution in [0, 0.1) is 0 Å². The van der Waals surface area contributed by atoms with Gasteiger partial charge in [0.2, 0.25) is 16.6 Å². The van der Waals surface area contributed by atoms with Gasteiger partial charge in [-0.05, 0) is 63.4 Å². The molecule has 0 spiro atoms. The van der Waals surface area contributed by atoms with Crippen LogP contribution in [0.5, 0.6) is 5.75 Å². The number of nitrogens with two attached hydrogens (primary N) is 1. The molecule has 1 aromatic rings. The maximum Gasteiger partial charge on any atom is 0.309 e. The van der Waals surface area contributed by atoms with Gasteiger partial charge in [-0.2, -0.15) is 0 Å². The molecule has 118 valence electrons. The lowest BCUT2D eigenvalue weighted by Crippen LogP contribution is -2.40. The molecule has 0 bridgehead atoms. The van der Waals surface area contributed by atoms with Gasteiger partial charge in [-0.1, -0.05) is 12.1 Å². The van der Waals surface area contributed by atoms with E-state index in [-0.39, 0.29) is 5.97 Å². The molecule has 1 rings (SSSR count). The van der Waals surface area contributed by atoms with Crippen molar-refractivity contribution in [2.45, 2.75) is 51.7 Å². The fourth-order valence-corrected chi connectivity index (χ4v) is 3.36. The summed E-state index contributed by atoms with van der Waals surface area (Å²) in [6.45, 7) is 12.3. The third kappa shape index (κ3) is 7.45. The molecule has 4 nitrogen and oxygen atoms in total. The number of hydrogen-bond acceptors (Lipinski definition) is 4. The van der Waals surface area contributed by atoms with E-state index in [2.05, 4.69) is 19.6 Å². The van der Waals surface area contributed by atoms with Crippen molar-refractivity contribution in [1.82, 2.24) is 0 Å². The fourth-order valence-electron chi connectivity index (χ4n) is 1.76. The predicted octanol–water partition coefficient (Wildman–Crippen LogP) is 3.15. The number of rotatable bonds is 6. The quantitative estimate of drug-likeness (QED) is 0.816. The zero-order valence-electron chi connectivity index (χ0n) is 13.9. The number of benzene rings is 1. The highest BCUT2D eigenvalue weighted by Gasteiger charge is 2.24.